The van der Waals surface area contributed by atoms with Gasteiger partial charge in [-0.2, -0.15) is 0 Å². The van der Waals surface area contributed by atoms with Crippen LogP contribution in [0.1, 0.15) is 36.8 Å². The number of carbonyl (C=O) groups excluding carboxylic acids is 1. The molecule has 2 rings (SSSR count). The van der Waals surface area contributed by atoms with Crippen LogP contribution in [0.2, 0.25) is 0 Å². The number of aliphatic hydroxyl groups excluding tert-OH is 1. The molecule has 1 aliphatic rings. The highest BCUT2D eigenvalue weighted by atomic mass is 16.3. The minimum atomic E-state index is -0.0681. The van der Waals surface area contributed by atoms with Crippen molar-refractivity contribution in [3.63, 3.8) is 0 Å². The summed E-state index contributed by atoms with van der Waals surface area (Å²) >= 11 is 0. The van der Waals surface area contributed by atoms with E-state index in [0.29, 0.717) is 13.0 Å². The molecule has 0 bridgehead atoms. The number of carbonyl (C=O) groups is 1. The van der Waals surface area contributed by atoms with Gasteiger partial charge in [0.25, 0.3) is 0 Å². The highest BCUT2D eigenvalue weighted by Gasteiger charge is 2.33. The van der Waals surface area contributed by atoms with E-state index in [9.17, 15) is 9.90 Å². The van der Waals surface area contributed by atoms with Crippen LogP contribution in [0.5, 0.6) is 0 Å². The minimum absolute atomic E-state index is 0.0500. The molecule has 3 heteroatoms. The molecule has 1 aromatic rings. The Hall–Kier alpha value is -1.35. The molecule has 0 aliphatic heterocycles. The van der Waals surface area contributed by atoms with E-state index in [0.717, 1.165) is 36.8 Å². The van der Waals surface area contributed by atoms with Crippen molar-refractivity contribution in [3.05, 3.63) is 35.4 Å². The summed E-state index contributed by atoms with van der Waals surface area (Å²) in [5.74, 6) is 0.0500. The van der Waals surface area contributed by atoms with E-state index in [4.69, 9.17) is 0 Å². The Morgan fingerprint density at radius 2 is 2.00 bits per heavy atom. The van der Waals surface area contributed by atoms with Crippen LogP contribution in [-0.2, 0) is 11.2 Å². The molecule has 104 valence electrons. The highest BCUT2D eigenvalue weighted by Crippen LogP contribution is 2.36. The average molecular weight is 261 g/mol. The first kappa shape index (κ1) is 14.1. The highest BCUT2D eigenvalue weighted by molar-refractivity contribution is 5.78. The van der Waals surface area contributed by atoms with E-state index in [-0.39, 0.29) is 17.9 Å². The van der Waals surface area contributed by atoms with Crippen LogP contribution < -0.4 is 5.32 Å². The molecule has 1 aromatic carbocycles. The molecule has 0 heterocycles. The smallest absolute Gasteiger partial charge is 0.224 e. The maximum atomic E-state index is 12.0. The maximum absolute atomic E-state index is 12.0. The number of rotatable bonds is 5. The summed E-state index contributed by atoms with van der Waals surface area (Å²) in [6.45, 7) is 2.81. The van der Waals surface area contributed by atoms with Gasteiger partial charge in [-0.25, -0.2) is 0 Å². The summed E-state index contributed by atoms with van der Waals surface area (Å²) in [6.07, 6.45) is 4.79. The fourth-order valence-corrected chi connectivity index (χ4v) is 2.85. The van der Waals surface area contributed by atoms with Gasteiger partial charge >= 0.3 is 0 Å². The summed E-state index contributed by atoms with van der Waals surface area (Å²) in [4.78, 5) is 12.0. The lowest BCUT2D eigenvalue weighted by molar-refractivity contribution is -0.121. The number of nitrogens with one attached hydrogen (secondary N) is 1. The molecule has 0 unspecified atom stereocenters. The van der Waals surface area contributed by atoms with Crippen molar-refractivity contribution in [1.29, 1.82) is 0 Å². The van der Waals surface area contributed by atoms with Crippen LogP contribution in [-0.4, -0.2) is 24.2 Å². The molecule has 2 N–H and O–H groups in total. The standard InChI is InChI=1S/C16H23NO2/c1-13-6-2-3-7-14(13)10-15(19)17-11-16(12-18)8-4-5-9-16/h2-3,6-7,18H,4-5,8-12H2,1H3,(H,17,19). The summed E-state index contributed by atoms with van der Waals surface area (Å²) in [5.41, 5.74) is 2.15. The van der Waals surface area contributed by atoms with E-state index in [1.165, 1.54) is 0 Å². The number of amides is 1. The zero-order valence-corrected chi connectivity index (χ0v) is 11.6. The molecular formula is C16H23NO2. The van der Waals surface area contributed by atoms with Crippen LogP contribution in [0.4, 0.5) is 0 Å². The first-order valence-corrected chi connectivity index (χ1v) is 7.07. The van der Waals surface area contributed by atoms with Gasteiger partial charge in [-0.1, -0.05) is 37.1 Å². The number of aliphatic hydroxyl groups is 1. The lowest BCUT2D eigenvalue weighted by Crippen LogP contribution is -2.39. The van der Waals surface area contributed by atoms with Crippen molar-refractivity contribution >= 4 is 5.91 Å². The molecule has 0 atom stereocenters. The Balaban J connectivity index is 1.86. The van der Waals surface area contributed by atoms with Crippen molar-refractivity contribution in [2.75, 3.05) is 13.2 Å². The van der Waals surface area contributed by atoms with Gasteiger partial charge in [-0.05, 0) is 30.9 Å². The van der Waals surface area contributed by atoms with Crippen molar-refractivity contribution in [2.24, 2.45) is 5.41 Å². The zero-order chi connectivity index (χ0) is 13.7. The van der Waals surface area contributed by atoms with Crippen molar-refractivity contribution in [2.45, 2.75) is 39.0 Å². The van der Waals surface area contributed by atoms with Gasteiger partial charge in [-0.3, -0.25) is 4.79 Å². The molecule has 19 heavy (non-hydrogen) atoms. The maximum Gasteiger partial charge on any atom is 0.224 e. The average Bonchev–Trinajstić information content (AvgIpc) is 2.89. The normalized spacial score (nSPS) is 17.4. The topological polar surface area (TPSA) is 49.3 Å². The molecule has 0 radical (unpaired) electrons. The predicted octanol–water partition coefficient (Wildman–Crippen LogP) is 2.21. The Morgan fingerprint density at radius 1 is 1.32 bits per heavy atom. The van der Waals surface area contributed by atoms with Gasteiger partial charge in [0.2, 0.25) is 5.91 Å². The second-order valence-corrected chi connectivity index (χ2v) is 5.75. The van der Waals surface area contributed by atoms with Gasteiger partial charge in [0, 0.05) is 12.0 Å². The molecule has 0 saturated heterocycles. The van der Waals surface area contributed by atoms with E-state index in [2.05, 4.69) is 5.32 Å². The number of hydrogen-bond acceptors (Lipinski definition) is 2. The summed E-state index contributed by atoms with van der Waals surface area (Å²) in [7, 11) is 0. The third-order valence-corrected chi connectivity index (χ3v) is 4.27. The van der Waals surface area contributed by atoms with Gasteiger partial charge in [0.1, 0.15) is 0 Å². The van der Waals surface area contributed by atoms with E-state index in [1.807, 2.05) is 31.2 Å². The lowest BCUT2D eigenvalue weighted by Gasteiger charge is -2.26. The van der Waals surface area contributed by atoms with Gasteiger partial charge in [-0.15, -0.1) is 0 Å². The van der Waals surface area contributed by atoms with Crippen molar-refractivity contribution < 1.29 is 9.90 Å². The van der Waals surface area contributed by atoms with Crippen LogP contribution in [0.3, 0.4) is 0 Å². The SMILES string of the molecule is Cc1ccccc1CC(=O)NCC1(CO)CCCC1. The number of benzene rings is 1. The Kier molecular flexibility index (Phi) is 4.59. The third-order valence-electron chi connectivity index (χ3n) is 4.27. The van der Waals surface area contributed by atoms with Crippen molar-refractivity contribution in [1.82, 2.24) is 5.32 Å². The molecule has 1 fully saturated rings. The van der Waals surface area contributed by atoms with Gasteiger partial charge in [0.15, 0.2) is 0 Å². The molecule has 1 aliphatic carbocycles. The lowest BCUT2D eigenvalue weighted by atomic mass is 9.87. The van der Waals surface area contributed by atoms with Crippen LogP contribution in [0, 0.1) is 12.3 Å². The largest absolute Gasteiger partial charge is 0.396 e. The monoisotopic (exact) mass is 261 g/mol. The molecule has 1 saturated carbocycles. The van der Waals surface area contributed by atoms with Crippen LogP contribution in [0.15, 0.2) is 24.3 Å². The molecule has 3 nitrogen and oxygen atoms in total. The molecule has 0 spiro atoms. The number of aryl methyl sites for hydroxylation is 1. The van der Waals surface area contributed by atoms with E-state index >= 15 is 0 Å². The fourth-order valence-electron chi connectivity index (χ4n) is 2.85. The summed E-state index contributed by atoms with van der Waals surface area (Å²) < 4.78 is 0. The van der Waals surface area contributed by atoms with Gasteiger partial charge in [0.05, 0.1) is 13.0 Å². The number of hydrogen-bond donors (Lipinski definition) is 2. The molecular weight excluding hydrogens is 238 g/mol. The van der Waals surface area contributed by atoms with E-state index < -0.39 is 0 Å². The first-order valence-electron chi connectivity index (χ1n) is 7.07. The quantitative estimate of drug-likeness (QED) is 0.853. The van der Waals surface area contributed by atoms with Crippen LogP contribution in [0.25, 0.3) is 0 Å². The van der Waals surface area contributed by atoms with Gasteiger partial charge < -0.3 is 10.4 Å². The van der Waals surface area contributed by atoms with Crippen LogP contribution >= 0.6 is 0 Å². The Morgan fingerprint density at radius 3 is 2.63 bits per heavy atom. The second kappa shape index (κ2) is 6.20. The Bertz CT molecular complexity index is 436. The zero-order valence-electron chi connectivity index (χ0n) is 11.6. The predicted molar refractivity (Wildman–Crippen MR) is 75.9 cm³/mol. The molecule has 0 aromatic heterocycles. The van der Waals surface area contributed by atoms with E-state index in [1.54, 1.807) is 0 Å². The van der Waals surface area contributed by atoms with Crippen molar-refractivity contribution in [3.8, 4) is 0 Å². The summed E-state index contributed by atoms with van der Waals surface area (Å²) in [6, 6.07) is 7.96. The second-order valence-electron chi connectivity index (χ2n) is 5.75. The first-order chi connectivity index (χ1) is 9.15. The summed E-state index contributed by atoms with van der Waals surface area (Å²) in [5, 5.41) is 12.5. The molecule has 1 amide bonds. The Labute approximate surface area is 115 Å². The third kappa shape index (κ3) is 3.57. The minimum Gasteiger partial charge on any atom is -0.396 e. The fraction of sp³-hybridized carbons (Fsp3) is 0.562.